The second-order valence-corrected chi connectivity index (χ2v) is 7.94. The van der Waals surface area contributed by atoms with E-state index >= 15 is 0 Å². The van der Waals surface area contributed by atoms with Crippen LogP contribution in [0.5, 0.6) is 0 Å². The maximum Gasteiger partial charge on any atom is 0.355 e. The molecule has 3 rings (SSSR count). The van der Waals surface area contributed by atoms with Gasteiger partial charge in [0.15, 0.2) is 5.69 Å². The molecule has 4 N–H and O–H groups in total. The summed E-state index contributed by atoms with van der Waals surface area (Å²) in [5.74, 6) is -1.17. The predicted octanol–water partition coefficient (Wildman–Crippen LogP) is 0.867. The lowest BCUT2D eigenvalue weighted by atomic mass is 10.1. The minimum atomic E-state index is -3.77. The number of carbonyl (C=O) groups is 1. The molecular weight excluding hydrogens is 380 g/mol. The van der Waals surface area contributed by atoms with Crippen LogP contribution in [0.1, 0.15) is 27.3 Å². The number of sulfonamides is 1. The van der Waals surface area contributed by atoms with E-state index in [1.54, 1.807) is 19.1 Å². The number of nitrogens with one attached hydrogen (secondary N) is 1. The van der Waals surface area contributed by atoms with Crippen molar-refractivity contribution in [3.05, 3.63) is 62.5 Å². The maximum absolute atomic E-state index is 12.6. The molecule has 0 aliphatic heterocycles. The summed E-state index contributed by atoms with van der Waals surface area (Å²) in [7, 11) is -3.77. The number of carboxylic acid groups (broad SMARTS) is 1. The number of hydrogen-bond donors (Lipinski definition) is 3. The topological polar surface area (TPSA) is 148 Å². The van der Waals surface area contributed by atoms with E-state index in [0.717, 1.165) is 16.9 Å². The van der Waals surface area contributed by atoms with Crippen LogP contribution in [0.25, 0.3) is 5.13 Å². The second kappa shape index (κ2) is 6.52. The van der Waals surface area contributed by atoms with E-state index < -0.39 is 16.0 Å². The molecule has 0 aliphatic rings. The third-order valence-electron chi connectivity index (χ3n) is 3.73. The van der Waals surface area contributed by atoms with Crippen LogP contribution in [-0.2, 0) is 16.4 Å². The first kappa shape index (κ1) is 18.0. The molecule has 0 saturated heterocycles. The average Bonchev–Trinajstić information content (AvgIpc) is 3.15. The van der Waals surface area contributed by atoms with Crippen molar-refractivity contribution < 1.29 is 18.3 Å². The number of aryl methyl sites for hydroxylation is 1. The highest BCUT2D eigenvalue weighted by Crippen LogP contribution is 2.16. The van der Waals surface area contributed by atoms with Gasteiger partial charge in [0.1, 0.15) is 0 Å². The van der Waals surface area contributed by atoms with E-state index in [0.29, 0.717) is 11.3 Å². The van der Waals surface area contributed by atoms with E-state index in [1.165, 1.54) is 22.2 Å². The van der Waals surface area contributed by atoms with Gasteiger partial charge < -0.3 is 5.11 Å². The summed E-state index contributed by atoms with van der Waals surface area (Å²) in [6.07, 6.45) is 0.274. The Bertz CT molecular complexity index is 1140. The van der Waals surface area contributed by atoms with E-state index in [2.05, 4.69) is 10.1 Å². The van der Waals surface area contributed by atoms with Gasteiger partial charge in [-0.05, 0) is 24.6 Å². The van der Waals surface area contributed by atoms with Crippen molar-refractivity contribution >= 4 is 27.3 Å². The van der Waals surface area contributed by atoms with Crippen LogP contribution in [0.2, 0.25) is 0 Å². The standard InChI is InChI=1S/C15H14N4O5S2/c1-8-11(6-9-2-4-10(5-3-9)26(16,23)24)13(20)19(18-8)15-17-12(7-25-15)14(21)22/h2-5,7,18H,6H2,1H3,(H,21,22)(H2,16,23,24). The van der Waals surface area contributed by atoms with Crippen LogP contribution >= 0.6 is 11.3 Å². The summed E-state index contributed by atoms with van der Waals surface area (Å²) in [4.78, 5) is 27.5. The van der Waals surface area contributed by atoms with Crippen LogP contribution < -0.4 is 10.7 Å². The van der Waals surface area contributed by atoms with Gasteiger partial charge in [0, 0.05) is 23.1 Å². The fraction of sp³-hybridized carbons (Fsp3) is 0.133. The van der Waals surface area contributed by atoms with Gasteiger partial charge in [-0.15, -0.1) is 11.3 Å². The lowest BCUT2D eigenvalue weighted by Crippen LogP contribution is -2.18. The molecule has 0 saturated carbocycles. The van der Waals surface area contributed by atoms with E-state index in [9.17, 15) is 18.0 Å². The predicted molar refractivity (Wildman–Crippen MR) is 94.4 cm³/mol. The maximum atomic E-state index is 12.6. The van der Waals surface area contributed by atoms with Crippen LogP contribution in [0, 0.1) is 6.92 Å². The zero-order chi connectivity index (χ0) is 19.1. The zero-order valence-corrected chi connectivity index (χ0v) is 15.1. The molecule has 0 fully saturated rings. The number of H-pyrrole nitrogens is 1. The third-order valence-corrected chi connectivity index (χ3v) is 5.48. The number of carboxylic acids is 1. The first-order chi connectivity index (χ1) is 12.2. The number of nitrogens with two attached hydrogens (primary N) is 1. The molecule has 136 valence electrons. The minimum absolute atomic E-state index is 0.00608. The molecule has 1 aromatic carbocycles. The lowest BCUT2D eigenvalue weighted by Gasteiger charge is -2.02. The largest absolute Gasteiger partial charge is 0.476 e. The average molecular weight is 394 g/mol. The van der Waals surface area contributed by atoms with Crippen molar-refractivity contribution in [2.24, 2.45) is 5.14 Å². The molecule has 2 heterocycles. The summed E-state index contributed by atoms with van der Waals surface area (Å²) in [6.45, 7) is 1.72. The molecular formula is C15H14N4O5S2. The van der Waals surface area contributed by atoms with Gasteiger partial charge >= 0.3 is 5.97 Å². The number of rotatable bonds is 5. The van der Waals surface area contributed by atoms with Gasteiger partial charge in [-0.3, -0.25) is 9.89 Å². The number of hydrogen-bond acceptors (Lipinski definition) is 6. The van der Waals surface area contributed by atoms with Gasteiger partial charge in [-0.25, -0.2) is 23.3 Å². The Morgan fingerprint density at radius 1 is 1.35 bits per heavy atom. The number of primary sulfonamides is 1. The smallest absolute Gasteiger partial charge is 0.355 e. The Labute approximate surface area is 151 Å². The molecule has 0 bridgehead atoms. The molecule has 11 heteroatoms. The number of aromatic amines is 1. The monoisotopic (exact) mass is 394 g/mol. The molecule has 0 unspecified atom stereocenters. The SMILES string of the molecule is Cc1[nH]n(-c2nc(C(=O)O)cs2)c(=O)c1Cc1ccc(S(N)(=O)=O)cc1. The summed E-state index contributed by atoms with van der Waals surface area (Å²) < 4.78 is 23.8. The van der Waals surface area contributed by atoms with Gasteiger partial charge in [0.05, 0.1) is 4.90 Å². The van der Waals surface area contributed by atoms with Gasteiger partial charge in [-0.2, -0.15) is 4.68 Å². The third kappa shape index (κ3) is 3.45. The van der Waals surface area contributed by atoms with Crippen molar-refractivity contribution in [3.8, 4) is 5.13 Å². The van der Waals surface area contributed by atoms with Crippen LogP contribution in [0.3, 0.4) is 0 Å². The lowest BCUT2D eigenvalue weighted by molar-refractivity contribution is 0.0691. The quantitative estimate of drug-likeness (QED) is 0.585. The molecule has 0 amide bonds. The Kier molecular flexibility index (Phi) is 4.52. The molecule has 26 heavy (non-hydrogen) atoms. The van der Waals surface area contributed by atoms with Gasteiger partial charge in [0.2, 0.25) is 15.2 Å². The van der Waals surface area contributed by atoms with Crippen molar-refractivity contribution in [1.29, 1.82) is 0 Å². The number of thiazole rings is 1. The van der Waals surface area contributed by atoms with Gasteiger partial charge in [-0.1, -0.05) is 12.1 Å². The highest BCUT2D eigenvalue weighted by molar-refractivity contribution is 7.89. The van der Waals surface area contributed by atoms with Crippen LogP contribution in [-0.4, -0.2) is 34.3 Å². The molecule has 0 spiro atoms. The Balaban J connectivity index is 1.93. The number of aromatic carboxylic acids is 1. The molecule has 9 nitrogen and oxygen atoms in total. The number of benzene rings is 1. The first-order valence-corrected chi connectivity index (χ1v) is 9.71. The van der Waals surface area contributed by atoms with Crippen molar-refractivity contribution in [2.45, 2.75) is 18.2 Å². The fourth-order valence-electron chi connectivity index (χ4n) is 2.39. The Morgan fingerprint density at radius 2 is 2.00 bits per heavy atom. The normalized spacial score (nSPS) is 11.6. The highest BCUT2D eigenvalue weighted by Gasteiger charge is 2.17. The fourth-order valence-corrected chi connectivity index (χ4v) is 3.66. The number of nitrogens with zero attached hydrogens (tertiary/aromatic N) is 2. The second-order valence-electron chi connectivity index (χ2n) is 5.54. The van der Waals surface area contributed by atoms with E-state index in [-0.39, 0.29) is 27.7 Å². The summed E-state index contributed by atoms with van der Waals surface area (Å²) in [5, 5.41) is 18.5. The molecule has 0 atom stereocenters. The van der Waals surface area contributed by atoms with E-state index in [1.807, 2.05) is 0 Å². The Hall–Kier alpha value is -2.76. The van der Waals surface area contributed by atoms with Crippen molar-refractivity contribution in [1.82, 2.24) is 14.8 Å². The zero-order valence-electron chi connectivity index (χ0n) is 13.5. The summed E-state index contributed by atoms with van der Waals surface area (Å²) in [6, 6.07) is 5.93. The Morgan fingerprint density at radius 3 is 2.54 bits per heavy atom. The molecule has 3 aromatic rings. The van der Waals surface area contributed by atoms with Gasteiger partial charge in [0.25, 0.3) is 5.56 Å². The molecule has 2 aromatic heterocycles. The van der Waals surface area contributed by atoms with Crippen LogP contribution in [0.4, 0.5) is 0 Å². The summed E-state index contributed by atoms with van der Waals surface area (Å²) >= 11 is 1.04. The molecule has 0 radical (unpaired) electrons. The highest BCUT2D eigenvalue weighted by atomic mass is 32.2. The first-order valence-electron chi connectivity index (χ1n) is 7.28. The van der Waals surface area contributed by atoms with E-state index in [4.69, 9.17) is 10.2 Å². The van der Waals surface area contributed by atoms with Crippen molar-refractivity contribution in [2.75, 3.05) is 0 Å². The van der Waals surface area contributed by atoms with Crippen LogP contribution in [0.15, 0.2) is 39.3 Å². The van der Waals surface area contributed by atoms with Crippen molar-refractivity contribution in [3.63, 3.8) is 0 Å². The molecule has 0 aliphatic carbocycles. The number of aromatic nitrogens is 3. The minimum Gasteiger partial charge on any atom is -0.476 e. The summed E-state index contributed by atoms with van der Waals surface area (Å²) in [5.41, 5.74) is 1.33.